The van der Waals surface area contributed by atoms with Crippen LogP contribution >= 0.6 is 11.6 Å². The van der Waals surface area contributed by atoms with Gasteiger partial charge in [-0.15, -0.1) is 11.6 Å². The van der Waals surface area contributed by atoms with Crippen molar-refractivity contribution in [2.24, 2.45) is 0 Å². The first-order valence-corrected chi connectivity index (χ1v) is 14.4. The maximum Gasteiger partial charge on any atom is 0.0788 e. The van der Waals surface area contributed by atoms with Crippen molar-refractivity contribution in [2.75, 3.05) is 5.32 Å². The SMILES string of the molecule is CC1(Nc2ccc3c(c2)C2(c4ccccc4-c4ccccc42)c2ccccc2-3)C=CC(c2ccccc2)=CC1Cl. The van der Waals surface area contributed by atoms with Crippen molar-refractivity contribution < 1.29 is 0 Å². The minimum atomic E-state index is -0.432. The second kappa shape index (κ2) is 8.58. The minimum absolute atomic E-state index is 0.208. The van der Waals surface area contributed by atoms with E-state index in [-0.39, 0.29) is 10.8 Å². The van der Waals surface area contributed by atoms with Crippen LogP contribution in [0.25, 0.3) is 27.8 Å². The quantitative estimate of drug-likeness (QED) is 0.223. The van der Waals surface area contributed by atoms with Gasteiger partial charge in [-0.25, -0.2) is 0 Å². The van der Waals surface area contributed by atoms with Gasteiger partial charge in [-0.1, -0.05) is 127 Å². The van der Waals surface area contributed by atoms with Gasteiger partial charge in [0.25, 0.3) is 0 Å². The molecule has 2 unspecified atom stereocenters. The lowest BCUT2D eigenvalue weighted by molar-refractivity contribution is 0.649. The summed E-state index contributed by atoms with van der Waals surface area (Å²) in [5.74, 6) is 0. The summed E-state index contributed by atoms with van der Waals surface area (Å²) in [6.07, 6.45) is 6.57. The van der Waals surface area contributed by atoms with Crippen molar-refractivity contribution in [1.82, 2.24) is 0 Å². The molecule has 0 aromatic heterocycles. The molecule has 3 aliphatic carbocycles. The second-order valence-electron chi connectivity index (χ2n) is 11.3. The Labute approximate surface area is 240 Å². The van der Waals surface area contributed by atoms with Crippen LogP contribution in [0.4, 0.5) is 5.69 Å². The maximum absolute atomic E-state index is 7.07. The Bertz CT molecular complexity index is 1800. The van der Waals surface area contributed by atoms with Gasteiger partial charge < -0.3 is 5.32 Å². The summed E-state index contributed by atoms with van der Waals surface area (Å²) >= 11 is 7.07. The fourth-order valence-corrected chi connectivity index (χ4v) is 7.42. The van der Waals surface area contributed by atoms with Gasteiger partial charge in [-0.05, 0) is 74.7 Å². The van der Waals surface area contributed by atoms with Crippen LogP contribution in [-0.4, -0.2) is 10.9 Å². The smallest absolute Gasteiger partial charge is 0.0788 e. The lowest BCUT2D eigenvalue weighted by Gasteiger charge is -2.36. The van der Waals surface area contributed by atoms with Gasteiger partial charge in [0, 0.05) is 5.69 Å². The summed E-state index contributed by atoms with van der Waals surface area (Å²) in [5, 5.41) is 3.62. The zero-order valence-electron chi connectivity index (χ0n) is 22.2. The number of hydrogen-bond acceptors (Lipinski definition) is 1. The molecule has 0 aliphatic heterocycles. The lowest BCUT2D eigenvalue weighted by atomic mass is 9.70. The van der Waals surface area contributed by atoms with E-state index in [4.69, 9.17) is 11.6 Å². The predicted octanol–water partition coefficient (Wildman–Crippen LogP) is 9.46. The van der Waals surface area contributed by atoms with Crippen LogP contribution in [-0.2, 0) is 5.41 Å². The van der Waals surface area contributed by atoms with Crippen molar-refractivity contribution in [3.63, 3.8) is 0 Å². The highest BCUT2D eigenvalue weighted by Crippen LogP contribution is 2.62. The Morgan fingerprint density at radius 3 is 1.70 bits per heavy atom. The molecule has 40 heavy (non-hydrogen) atoms. The highest BCUT2D eigenvalue weighted by atomic mass is 35.5. The Hall–Kier alpha value is -4.33. The number of allylic oxidation sites excluding steroid dienone is 2. The molecule has 5 aromatic rings. The molecule has 0 fully saturated rings. The van der Waals surface area contributed by atoms with Crippen LogP contribution in [0.5, 0.6) is 0 Å². The second-order valence-corrected chi connectivity index (χ2v) is 11.7. The predicted molar refractivity (Wildman–Crippen MR) is 168 cm³/mol. The van der Waals surface area contributed by atoms with Crippen molar-refractivity contribution in [3.8, 4) is 22.3 Å². The Kier molecular flexibility index (Phi) is 5.05. The first-order valence-electron chi connectivity index (χ1n) is 13.9. The van der Waals surface area contributed by atoms with Gasteiger partial charge >= 0.3 is 0 Å². The van der Waals surface area contributed by atoms with E-state index >= 15 is 0 Å². The van der Waals surface area contributed by atoms with E-state index in [0.29, 0.717) is 0 Å². The molecule has 1 N–H and O–H groups in total. The van der Waals surface area contributed by atoms with Crippen LogP contribution in [0.3, 0.4) is 0 Å². The van der Waals surface area contributed by atoms with Crippen molar-refractivity contribution >= 4 is 22.9 Å². The highest BCUT2D eigenvalue weighted by molar-refractivity contribution is 6.24. The summed E-state index contributed by atoms with van der Waals surface area (Å²) in [5.41, 5.74) is 13.3. The summed E-state index contributed by atoms with van der Waals surface area (Å²) < 4.78 is 0. The van der Waals surface area contributed by atoms with E-state index in [0.717, 1.165) is 11.3 Å². The number of benzene rings is 5. The van der Waals surface area contributed by atoms with Gasteiger partial charge in [-0.2, -0.15) is 0 Å². The van der Waals surface area contributed by atoms with E-state index in [1.165, 1.54) is 50.1 Å². The number of nitrogens with one attached hydrogen (secondary N) is 1. The van der Waals surface area contributed by atoms with Crippen molar-refractivity contribution in [1.29, 1.82) is 0 Å². The number of fused-ring (bicyclic) bond motifs is 10. The van der Waals surface area contributed by atoms with E-state index in [1.807, 2.05) is 6.07 Å². The van der Waals surface area contributed by atoms with Gasteiger partial charge in [-0.3, -0.25) is 0 Å². The third-order valence-corrected chi connectivity index (χ3v) is 9.61. The van der Waals surface area contributed by atoms with E-state index in [1.54, 1.807) is 0 Å². The van der Waals surface area contributed by atoms with Gasteiger partial charge in [0.05, 0.1) is 16.3 Å². The Balaban J connectivity index is 1.27. The molecule has 0 saturated heterocycles. The average molecular weight is 534 g/mol. The maximum atomic E-state index is 7.07. The zero-order chi connectivity index (χ0) is 26.9. The molecule has 0 saturated carbocycles. The molecule has 2 heteroatoms. The first kappa shape index (κ1) is 23.5. The van der Waals surface area contributed by atoms with E-state index < -0.39 is 5.54 Å². The molecule has 1 nitrogen and oxygen atoms in total. The van der Waals surface area contributed by atoms with Crippen LogP contribution in [0, 0.1) is 0 Å². The third-order valence-electron chi connectivity index (χ3n) is 9.03. The lowest BCUT2D eigenvalue weighted by Crippen LogP contribution is -2.42. The van der Waals surface area contributed by atoms with Gasteiger partial charge in [0.15, 0.2) is 0 Å². The standard InChI is InChI=1S/C38H28ClN/c1-37(22-21-26(23-36(37)39)25-11-3-2-4-12-25)40-27-19-20-31-30-15-7-10-18-34(30)38(35(31)24-27)32-16-8-5-13-28(32)29-14-6-9-17-33(29)38/h2-24,36,40H,1H3. The molecule has 0 amide bonds. The van der Waals surface area contributed by atoms with Crippen LogP contribution in [0.15, 0.2) is 140 Å². The van der Waals surface area contributed by atoms with Crippen molar-refractivity contribution in [2.45, 2.75) is 23.3 Å². The molecule has 2 atom stereocenters. The Morgan fingerprint density at radius 1 is 0.600 bits per heavy atom. The molecule has 5 aromatic carbocycles. The summed E-state index contributed by atoms with van der Waals surface area (Å²) in [7, 11) is 0. The molecular formula is C38H28ClN. The molecule has 8 rings (SSSR count). The van der Waals surface area contributed by atoms with Gasteiger partial charge in [0.1, 0.15) is 0 Å². The number of hydrogen-bond donors (Lipinski definition) is 1. The normalized spacial score (nSPS) is 20.9. The molecule has 0 bridgehead atoms. The summed E-state index contributed by atoms with van der Waals surface area (Å²) in [6.45, 7) is 2.18. The third kappa shape index (κ3) is 3.16. The fourth-order valence-electron chi connectivity index (χ4n) is 7.16. The van der Waals surface area contributed by atoms with Crippen molar-refractivity contribution in [3.05, 3.63) is 167 Å². The molecule has 0 radical (unpaired) electrons. The topological polar surface area (TPSA) is 12.0 Å². The molecule has 3 aliphatic rings. The Morgan fingerprint density at radius 2 is 1.12 bits per heavy atom. The van der Waals surface area contributed by atoms with E-state index in [9.17, 15) is 0 Å². The fraction of sp³-hybridized carbons (Fsp3) is 0.105. The number of halogens is 1. The van der Waals surface area contributed by atoms with Crippen LogP contribution < -0.4 is 5.32 Å². The monoisotopic (exact) mass is 533 g/mol. The largest absolute Gasteiger partial charge is 0.375 e. The van der Waals surface area contributed by atoms with E-state index in [2.05, 4.69) is 146 Å². The average Bonchev–Trinajstić information content (AvgIpc) is 3.46. The highest BCUT2D eigenvalue weighted by Gasteiger charge is 2.51. The number of alkyl halides is 1. The summed E-state index contributed by atoms with van der Waals surface area (Å²) in [4.78, 5) is 0. The van der Waals surface area contributed by atoms with Crippen LogP contribution in [0.1, 0.15) is 34.7 Å². The first-order chi connectivity index (χ1) is 19.6. The summed E-state index contributed by atoms with van der Waals surface area (Å²) in [6, 6.07) is 44.1. The molecule has 1 spiro atoms. The number of anilines is 1. The van der Waals surface area contributed by atoms with Gasteiger partial charge in [0.2, 0.25) is 0 Å². The minimum Gasteiger partial charge on any atom is -0.375 e. The molecular weight excluding hydrogens is 506 g/mol. The van der Waals surface area contributed by atoms with Crippen LogP contribution in [0.2, 0.25) is 0 Å². The molecule has 0 heterocycles. The molecule has 192 valence electrons. The number of rotatable bonds is 3. The zero-order valence-corrected chi connectivity index (χ0v) is 23.0.